The van der Waals surface area contributed by atoms with Gasteiger partial charge in [0.15, 0.2) is 0 Å². The minimum Gasteiger partial charge on any atom is -0.490 e. The highest BCUT2D eigenvalue weighted by atomic mass is 16.6. The number of ether oxygens (including phenoxy) is 1. The van der Waals surface area contributed by atoms with Crippen molar-refractivity contribution in [1.29, 1.82) is 0 Å². The van der Waals surface area contributed by atoms with Gasteiger partial charge in [-0.15, -0.1) is 0 Å². The second-order valence-corrected chi connectivity index (χ2v) is 4.26. The molecule has 0 bridgehead atoms. The Kier molecular flexibility index (Phi) is 4.76. The first-order valence-electron chi connectivity index (χ1n) is 6.87. The van der Waals surface area contributed by atoms with E-state index in [1.165, 1.54) is 6.07 Å². The number of nitrogens with zero attached hydrogens (tertiary/aromatic N) is 3. The molecule has 112 valence electrons. The lowest BCUT2D eigenvalue weighted by Gasteiger charge is -2.30. The number of nitro benzene ring substituents is 1. The van der Waals surface area contributed by atoms with E-state index in [2.05, 4.69) is 9.97 Å². The van der Waals surface area contributed by atoms with Crippen molar-refractivity contribution in [2.75, 3.05) is 18.1 Å². The summed E-state index contributed by atoms with van der Waals surface area (Å²) in [4.78, 5) is 19.5. The highest BCUT2D eigenvalue weighted by Gasteiger charge is 2.21. The first-order chi connectivity index (χ1) is 10.2. The third-order valence-electron chi connectivity index (χ3n) is 3.03. The number of aromatic nitrogens is 2. The van der Waals surface area contributed by atoms with Gasteiger partial charge in [-0.3, -0.25) is 10.1 Å². The smallest absolute Gasteiger partial charge is 0.271 e. The third kappa shape index (κ3) is 3.31. The fraction of sp³-hybridized carbons (Fsp3) is 0.357. The summed E-state index contributed by atoms with van der Waals surface area (Å²) in [5, 5.41) is 10.8. The van der Waals surface area contributed by atoms with Gasteiger partial charge in [-0.1, -0.05) is 13.8 Å². The first-order valence-corrected chi connectivity index (χ1v) is 6.87. The molecule has 1 N–H and O–H groups in total. The highest BCUT2D eigenvalue weighted by Crippen LogP contribution is 2.35. The van der Waals surface area contributed by atoms with Crippen LogP contribution < -0.4 is 9.64 Å². The molecule has 0 atom stereocenters. The summed E-state index contributed by atoms with van der Waals surface area (Å²) in [6.07, 6.45) is 3.36. The Morgan fingerprint density at radius 1 is 1.48 bits per heavy atom. The number of nitro groups is 1. The van der Waals surface area contributed by atoms with Crippen molar-refractivity contribution in [3.63, 3.8) is 0 Å². The quantitative estimate of drug-likeness (QED) is 0.694. The Morgan fingerprint density at radius 3 is 2.95 bits per heavy atom. The van der Waals surface area contributed by atoms with Crippen LogP contribution >= 0.6 is 0 Å². The number of imidazole rings is 1. The fourth-order valence-corrected chi connectivity index (χ4v) is 2.12. The molecular formula is C14H18N4O3. The summed E-state index contributed by atoms with van der Waals surface area (Å²) in [5.74, 6) is 0.677. The number of hydrogen-bond donors (Lipinski definition) is 1. The van der Waals surface area contributed by atoms with Crippen LogP contribution in [0.15, 0.2) is 30.7 Å². The van der Waals surface area contributed by atoms with Gasteiger partial charge in [0.1, 0.15) is 12.4 Å². The molecule has 2 aromatic rings. The number of hydrogen-bond acceptors (Lipinski definition) is 5. The van der Waals surface area contributed by atoms with Crippen LogP contribution in [0, 0.1) is 10.1 Å². The van der Waals surface area contributed by atoms with E-state index < -0.39 is 4.92 Å². The molecule has 7 nitrogen and oxygen atoms in total. The van der Waals surface area contributed by atoms with Gasteiger partial charge in [0.2, 0.25) is 0 Å². The van der Waals surface area contributed by atoms with Gasteiger partial charge >= 0.3 is 0 Å². The molecule has 21 heavy (non-hydrogen) atoms. The van der Waals surface area contributed by atoms with E-state index in [1.54, 1.807) is 24.7 Å². The summed E-state index contributed by atoms with van der Waals surface area (Å²) in [7, 11) is 0. The molecule has 1 aliphatic rings. The average Bonchev–Trinajstić information content (AvgIpc) is 3.02. The summed E-state index contributed by atoms with van der Waals surface area (Å²) in [6.45, 7) is 5.88. The molecule has 7 heteroatoms. The van der Waals surface area contributed by atoms with Crippen LogP contribution in [0.5, 0.6) is 5.75 Å². The van der Waals surface area contributed by atoms with E-state index in [0.29, 0.717) is 25.4 Å². The van der Waals surface area contributed by atoms with Crippen molar-refractivity contribution in [2.45, 2.75) is 20.4 Å². The van der Waals surface area contributed by atoms with Crippen LogP contribution in [0.3, 0.4) is 0 Å². The fourth-order valence-electron chi connectivity index (χ4n) is 2.12. The van der Waals surface area contributed by atoms with E-state index in [-0.39, 0.29) is 5.69 Å². The molecule has 0 unspecified atom stereocenters. The van der Waals surface area contributed by atoms with Crippen LogP contribution in [0.25, 0.3) is 0 Å². The molecule has 1 aromatic heterocycles. The number of aromatic amines is 1. The van der Waals surface area contributed by atoms with Crippen molar-refractivity contribution in [1.82, 2.24) is 9.97 Å². The summed E-state index contributed by atoms with van der Waals surface area (Å²) >= 11 is 0. The molecule has 0 saturated heterocycles. The van der Waals surface area contributed by atoms with Crippen LogP contribution in [0.2, 0.25) is 0 Å². The predicted octanol–water partition coefficient (Wildman–Crippen LogP) is 2.74. The summed E-state index contributed by atoms with van der Waals surface area (Å²) < 4.78 is 5.52. The monoisotopic (exact) mass is 290 g/mol. The summed E-state index contributed by atoms with van der Waals surface area (Å²) in [5.41, 5.74) is 1.77. The Bertz CT molecular complexity index is 598. The van der Waals surface area contributed by atoms with Gasteiger partial charge in [-0.25, -0.2) is 4.98 Å². The number of benzene rings is 1. The largest absolute Gasteiger partial charge is 0.490 e. The molecule has 3 rings (SSSR count). The minimum absolute atomic E-state index is 0.0684. The molecule has 2 heterocycles. The maximum absolute atomic E-state index is 10.8. The molecule has 0 spiro atoms. The number of rotatable bonds is 3. The SMILES string of the molecule is CC.O=[N+]([O-])c1ccc2c(c1)N(Cc1cnc[nH]1)CCO2. The van der Waals surface area contributed by atoms with Crippen molar-refractivity contribution in [3.8, 4) is 5.75 Å². The van der Waals surface area contributed by atoms with Crippen molar-refractivity contribution < 1.29 is 9.66 Å². The Morgan fingerprint density at radius 2 is 2.29 bits per heavy atom. The Labute approximate surface area is 122 Å². The normalized spacial score (nSPS) is 12.8. The summed E-state index contributed by atoms with van der Waals surface area (Å²) in [6, 6.07) is 4.65. The zero-order valence-corrected chi connectivity index (χ0v) is 12.1. The number of H-pyrrole nitrogens is 1. The van der Waals surface area contributed by atoms with Crippen molar-refractivity contribution in [3.05, 3.63) is 46.5 Å². The van der Waals surface area contributed by atoms with Gasteiger partial charge in [0.25, 0.3) is 5.69 Å². The van der Waals surface area contributed by atoms with Crippen LogP contribution in [0.1, 0.15) is 19.5 Å². The van der Waals surface area contributed by atoms with Gasteiger partial charge in [0.05, 0.1) is 35.7 Å². The third-order valence-corrected chi connectivity index (χ3v) is 3.03. The van der Waals surface area contributed by atoms with E-state index in [9.17, 15) is 10.1 Å². The molecule has 1 aliphatic heterocycles. The maximum atomic E-state index is 10.8. The highest BCUT2D eigenvalue weighted by molar-refractivity contribution is 5.64. The second-order valence-electron chi connectivity index (χ2n) is 4.26. The molecule has 0 saturated carbocycles. The number of nitrogens with one attached hydrogen (secondary N) is 1. The average molecular weight is 290 g/mol. The van der Waals surface area contributed by atoms with Gasteiger partial charge in [-0.2, -0.15) is 0 Å². The lowest BCUT2D eigenvalue weighted by molar-refractivity contribution is -0.384. The van der Waals surface area contributed by atoms with Crippen LogP contribution in [0.4, 0.5) is 11.4 Å². The zero-order valence-electron chi connectivity index (χ0n) is 12.1. The Balaban J connectivity index is 0.000000774. The molecule has 0 aliphatic carbocycles. The molecule has 0 amide bonds. The molecular weight excluding hydrogens is 272 g/mol. The molecule has 0 fully saturated rings. The van der Waals surface area contributed by atoms with Crippen molar-refractivity contribution >= 4 is 11.4 Å². The van der Waals surface area contributed by atoms with Gasteiger partial charge in [0, 0.05) is 18.3 Å². The Hall–Kier alpha value is -2.57. The minimum atomic E-state index is -0.400. The topological polar surface area (TPSA) is 84.3 Å². The predicted molar refractivity (Wildman–Crippen MR) is 79.6 cm³/mol. The van der Waals surface area contributed by atoms with Gasteiger partial charge in [-0.05, 0) is 6.07 Å². The second kappa shape index (κ2) is 6.74. The molecule has 0 radical (unpaired) electrons. The van der Waals surface area contributed by atoms with E-state index in [4.69, 9.17) is 4.74 Å². The van der Waals surface area contributed by atoms with E-state index in [0.717, 1.165) is 11.4 Å². The van der Waals surface area contributed by atoms with E-state index in [1.807, 2.05) is 18.7 Å². The number of anilines is 1. The number of non-ortho nitro benzene ring substituents is 1. The lowest BCUT2D eigenvalue weighted by Crippen LogP contribution is -2.32. The standard InChI is InChI=1S/C12H12N4O3.C2H6/c17-16(18)10-1-2-12-11(5-10)15(3-4-19-12)7-9-6-13-8-14-9;1-2/h1-2,5-6,8H,3-4,7H2,(H,13,14);1-2H3. The lowest BCUT2D eigenvalue weighted by atomic mass is 10.2. The maximum Gasteiger partial charge on any atom is 0.271 e. The zero-order chi connectivity index (χ0) is 15.2. The van der Waals surface area contributed by atoms with Crippen LogP contribution in [-0.2, 0) is 6.54 Å². The van der Waals surface area contributed by atoms with Gasteiger partial charge < -0.3 is 14.6 Å². The van der Waals surface area contributed by atoms with Crippen LogP contribution in [-0.4, -0.2) is 28.0 Å². The first kappa shape index (κ1) is 14.8. The van der Waals surface area contributed by atoms with Crippen molar-refractivity contribution in [2.24, 2.45) is 0 Å². The molecule has 1 aromatic carbocycles. The number of fused-ring (bicyclic) bond motifs is 1. The van der Waals surface area contributed by atoms with E-state index >= 15 is 0 Å².